The first-order valence-electron chi connectivity index (χ1n) is 5.44. The minimum atomic E-state index is -0.0361. The number of anilines is 1. The van der Waals surface area contributed by atoms with Crippen molar-refractivity contribution in [3.63, 3.8) is 0 Å². The van der Waals surface area contributed by atoms with E-state index in [-0.39, 0.29) is 5.56 Å². The van der Waals surface area contributed by atoms with Gasteiger partial charge in [0.15, 0.2) is 0 Å². The molecule has 6 nitrogen and oxygen atoms in total. The molecule has 94 valence electrons. The molecule has 0 atom stereocenters. The van der Waals surface area contributed by atoms with E-state index in [1.54, 1.807) is 25.5 Å². The normalized spacial score (nSPS) is 10.1. The van der Waals surface area contributed by atoms with Crippen LogP contribution in [0, 0.1) is 0 Å². The van der Waals surface area contributed by atoms with Crippen molar-refractivity contribution in [2.45, 2.75) is 6.54 Å². The quantitative estimate of drug-likeness (QED) is 0.864. The minimum Gasteiger partial charge on any atom is -0.480 e. The standard InChI is InChI=1S/C12H14N4O2/c1-16-4-3-9(5-12(16)17)6-14-10-7-13-8-11(15-10)18-2/h3-5,7-8H,6H2,1-2H3,(H,14,15). The van der Waals surface area contributed by atoms with E-state index >= 15 is 0 Å². The van der Waals surface area contributed by atoms with Gasteiger partial charge in [0, 0.05) is 25.9 Å². The zero-order chi connectivity index (χ0) is 13.0. The Bertz CT molecular complexity index is 595. The molecule has 0 saturated heterocycles. The van der Waals surface area contributed by atoms with Crippen molar-refractivity contribution in [2.75, 3.05) is 12.4 Å². The SMILES string of the molecule is COc1cncc(NCc2ccn(C)c(=O)c2)n1. The minimum absolute atomic E-state index is 0.0361. The van der Waals surface area contributed by atoms with E-state index in [1.165, 1.54) is 17.9 Å². The molecule has 6 heteroatoms. The monoisotopic (exact) mass is 246 g/mol. The summed E-state index contributed by atoms with van der Waals surface area (Å²) in [6, 6.07) is 3.46. The second kappa shape index (κ2) is 5.31. The molecule has 0 aliphatic carbocycles. The highest BCUT2D eigenvalue weighted by atomic mass is 16.5. The third kappa shape index (κ3) is 2.85. The van der Waals surface area contributed by atoms with Gasteiger partial charge in [-0.05, 0) is 11.6 Å². The summed E-state index contributed by atoms with van der Waals surface area (Å²) < 4.78 is 6.50. The number of aryl methyl sites for hydroxylation is 1. The largest absolute Gasteiger partial charge is 0.480 e. The summed E-state index contributed by atoms with van der Waals surface area (Å²) in [6.07, 6.45) is 4.86. The summed E-state index contributed by atoms with van der Waals surface area (Å²) in [5.41, 5.74) is 0.855. The van der Waals surface area contributed by atoms with Crippen molar-refractivity contribution in [1.29, 1.82) is 0 Å². The van der Waals surface area contributed by atoms with E-state index in [2.05, 4.69) is 15.3 Å². The number of aromatic nitrogens is 3. The Kier molecular flexibility index (Phi) is 3.57. The molecule has 0 aliphatic rings. The Balaban J connectivity index is 2.06. The molecule has 2 aromatic heterocycles. The van der Waals surface area contributed by atoms with Gasteiger partial charge >= 0.3 is 0 Å². The summed E-state index contributed by atoms with van der Waals surface area (Å²) in [5, 5.41) is 3.08. The lowest BCUT2D eigenvalue weighted by Gasteiger charge is -2.06. The van der Waals surface area contributed by atoms with Crippen molar-refractivity contribution < 1.29 is 4.74 Å². The van der Waals surface area contributed by atoms with Crippen LogP contribution in [0.25, 0.3) is 0 Å². The molecule has 2 aromatic rings. The third-order valence-corrected chi connectivity index (χ3v) is 2.46. The number of nitrogens with one attached hydrogen (secondary N) is 1. The topological polar surface area (TPSA) is 69.0 Å². The maximum atomic E-state index is 11.4. The molecular formula is C12H14N4O2. The molecule has 18 heavy (non-hydrogen) atoms. The van der Waals surface area contributed by atoms with Crippen molar-refractivity contribution in [3.05, 3.63) is 46.6 Å². The van der Waals surface area contributed by atoms with Crippen molar-refractivity contribution in [1.82, 2.24) is 14.5 Å². The van der Waals surface area contributed by atoms with Crippen LogP contribution in [-0.4, -0.2) is 21.6 Å². The highest BCUT2D eigenvalue weighted by Crippen LogP contribution is 2.09. The van der Waals surface area contributed by atoms with E-state index in [0.29, 0.717) is 18.2 Å². The molecule has 0 spiro atoms. The number of pyridine rings is 1. The Morgan fingerprint density at radius 2 is 2.28 bits per heavy atom. The van der Waals surface area contributed by atoms with E-state index < -0.39 is 0 Å². The van der Waals surface area contributed by atoms with Gasteiger partial charge < -0.3 is 14.6 Å². The summed E-state index contributed by atoms with van der Waals surface area (Å²) in [4.78, 5) is 19.6. The lowest BCUT2D eigenvalue weighted by atomic mass is 10.2. The van der Waals surface area contributed by atoms with Crippen LogP contribution in [0.4, 0.5) is 5.82 Å². The smallest absolute Gasteiger partial charge is 0.250 e. The predicted octanol–water partition coefficient (Wildman–Crippen LogP) is 0.796. The fraction of sp³-hybridized carbons (Fsp3) is 0.250. The molecule has 0 bridgehead atoms. The molecule has 0 aliphatic heterocycles. The van der Waals surface area contributed by atoms with Gasteiger partial charge in [-0.25, -0.2) is 0 Å². The molecule has 0 saturated carbocycles. The summed E-state index contributed by atoms with van der Waals surface area (Å²) in [5.74, 6) is 1.05. The zero-order valence-corrected chi connectivity index (χ0v) is 10.3. The number of hydrogen-bond donors (Lipinski definition) is 1. The molecule has 1 N–H and O–H groups in total. The van der Waals surface area contributed by atoms with Crippen LogP contribution in [0.3, 0.4) is 0 Å². The maximum Gasteiger partial charge on any atom is 0.250 e. The van der Waals surface area contributed by atoms with E-state index in [9.17, 15) is 4.79 Å². The molecule has 2 heterocycles. The van der Waals surface area contributed by atoms with Crippen LogP contribution in [-0.2, 0) is 13.6 Å². The first-order chi connectivity index (χ1) is 8.69. The van der Waals surface area contributed by atoms with Crippen LogP contribution < -0.4 is 15.6 Å². The van der Waals surface area contributed by atoms with Crippen molar-refractivity contribution >= 4 is 5.82 Å². The molecule has 0 unspecified atom stereocenters. The molecule has 0 aromatic carbocycles. The van der Waals surface area contributed by atoms with Gasteiger partial charge in [0.05, 0.1) is 19.5 Å². The number of hydrogen-bond acceptors (Lipinski definition) is 5. The first-order valence-corrected chi connectivity index (χ1v) is 5.44. The average molecular weight is 246 g/mol. The van der Waals surface area contributed by atoms with Crippen LogP contribution in [0.1, 0.15) is 5.56 Å². The van der Waals surface area contributed by atoms with Gasteiger partial charge in [0.2, 0.25) is 5.88 Å². The highest BCUT2D eigenvalue weighted by Gasteiger charge is 1.99. The Morgan fingerprint density at radius 1 is 1.44 bits per heavy atom. The van der Waals surface area contributed by atoms with Gasteiger partial charge in [-0.15, -0.1) is 0 Å². The maximum absolute atomic E-state index is 11.4. The fourth-order valence-corrected chi connectivity index (χ4v) is 1.42. The Morgan fingerprint density at radius 3 is 3.00 bits per heavy atom. The number of rotatable bonds is 4. The lowest BCUT2D eigenvalue weighted by molar-refractivity contribution is 0.396. The van der Waals surface area contributed by atoms with Gasteiger partial charge in [-0.1, -0.05) is 0 Å². The zero-order valence-electron chi connectivity index (χ0n) is 10.3. The summed E-state index contributed by atoms with van der Waals surface area (Å²) >= 11 is 0. The van der Waals surface area contributed by atoms with Crippen LogP contribution in [0.15, 0.2) is 35.5 Å². The van der Waals surface area contributed by atoms with E-state index in [0.717, 1.165) is 5.56 Å². The molecular weight excluding hydrogens is 232 g/mol. The first kappa shape index (κ1) is 12.1. The highest BCUT2D eigenvalue weighted by molar-refractivity contribution is 5.34. The summed E-state index contributed by atoms with van der Waals surface area (Å²) in [6.45, 7) is 0.512. The molecule has 0 fully saturated rings. The van der Waals surface area contributed by atoms with Crippen molar-refractivity contribution in [3.8, 4) is 5.88 Å². The molecule has 2 rings (SSSR count). The summed E-state index contributed by atoms with van der Waals surface area (Å²) in [7, 11) is 3.25. The lowest BCUT2D eigenvalue weighted by Crippen LogP contribution is -2.16. The average Bonchev–Trinajstić information content (AvgIpc) is 2.40. The molecule has 0 radical (unpaired) electrons. The van der Waals surface area contributed by atoms with Crippen LogP contribution in [0.5, 0.6) is 5.88 Å². The Hall–Kier alpha value is -2.37. The number of ether oxygens (including phenoxy) is 1. The fourth-order valence-electron chi connectivity index (χ4n) is 1.42. The van der Waals surface area contributed by atoms with Crippen LogP contribution >= 0.6 is 0 Å². The molecule has 0 amide bonds. The van der Waals surface area contributed by atoms with Gasteiger partial charge in [0.25, 0.3) is 5.56 Å². The predicted molar refractivity (Wildman–Crippen MR) is 67.6 cm³/mol. The third-order valence-electron chi connectivity index (χ3n) is 2.46. The van der Waals surface area contributed by atoms with Crippen molar-refractivity contribution in [2.24, 2.45) is 7.05 Å². The van der Waals surface area contributed by atoms with E-state index in [4.69, 9.17) is 4.74 Å². The van der Waals surface area contributed by atoms with Gasteiger partial charge in [0.1, 0.15) is 5.82 Å². The van der Waals surface area contributed by atoms with E-state index in [1.807, 2.05) is 6.07 Å². The van der Waals surface area contributed by atoms with Crippen LogP contribution in [0.2, 0.25) is 0 Å². The number of methoxy groups -OCH3 is 1. The Labute approximate surface area is 104 Å². The number of nitrogens with zero attached hydrogens (tertiary/aromatic N) is 3. The van der Waals surface area contributed by atoms with Gasteiger partial charge in [-0.2, -0.15) is 4.98 Å². The second-order valence-corrected chi connectivity index (χ2v) is 3.78. The second-order valence-electron chi connectivity index (χ2n) is 3.78. The van der Waals surface area contributed by atoms with Gasteiger partial charge in [-0.3, -0.25) is 9.78 Å².